The van der Waals surface area contributed by atoms with E-state index < -0.39 is 15.3 Å². The third-order valence-electron chi connectivity index (χ3n) is 4.48. The van der Waals surface area contributed by atoms with Gasteiger partial charge in [0.2, 0.25) is 10.0 Å². The monoisotopic (exact) mass is 373 g/mol. The summed E-state index contributed by atoms with van der Waals surface area (Å²) in [5.41, 5.74) is 0. The number of carbonyl (C=O) groups excluding carboxylic acids is 1. The normalized spacial score (nSPS) is 23.4. The van der Waals surface area contributed by atoms with Crippen LogP contribution in [-0.2, 0) is 21.2 Å². The molecule has 7 nitrogen and oxygen atoms in total. The molecule has 0 saturated carbocycles. The Balaban J connectivity index is 1.70. The van der Waals surface area contributed by atoms with E-state index in [9.17, 15) is 13.2 Å². The molecule has 0 bridgehead atoms. The van der Waals surface area contributed by atoms with Gasteiger partial charge in [0, 0.05) is 26.2 Å². The summed E-state index contributed by atoms with van der Waals surface area (Å²) in [5, 5.41) is 0.403. The molecule has 1 aromatic heterocycles. The third-order valence-corrected chi connectivity index (χ3v) is 7.93. The quantitative estimate of drug-likeness (QED) is 0.786. The predicted octanol–water partition coefficient (Wildman–Crippen LogP) is 0.972. The van der Waals surface area contributed by atoms with Crippen LogP contribution in [0, 0.1) is 0 Å². The van der Waals surface area contributed by atoms with Crippen LogP contribution in [0.15, 0.2) is 6.20 Å². The molecule has 9 heteroatoms. The predicted molar refractivity (Wildman–Crippen MR) is 91.7 cm³/mol. The zero-order valence-corrected chi connectivity index (χ0v) is 15.4. The van der Waals surface area contributed by atoms with Crippen LogP contribution in [0.1, 0.15) is 34.4 Å². The lowest BCUT2D eigenvalue weighted by Gasteiger charge is -2.36. The fraction of sp³-hybridized carbons (Fsp3) is 0.733. The molecule has 24 heavy (non-hydrogen) atoms. The van der Waals surface area contributed by atoms with Crippen molar-refractivity contribution in [3.63, 3.8) is 0 Å². The number of likely N-dealkylation sites (tertiary alicyclic amines) is 1. The molecule has 2 aliphatic heterocycles. The minimum Gasteiger partial charge on any atom is -0.379 e. The molecule has 0 aliphatic carbocycles. The second kappa shape index (κ2) is 7.47. The highest BCUT2D eigenvalue weighted by Gasteiger charge is 2.37. The van der Waals surface area contributed by atoms with Crippen molar-refractivity contribution in [1.82, 2.24) is 14.2 Å². The fourth-order valence-electron chi connectivity index (χ4n) is 3.11. The molecule has 2 aliphatic rings. The summed E-state index contributed by atoms with van der Waals surface area (Å²) in [6.07, 6.45) is 3.71. The lowest BCUT2D eigenvalue weighted by atomic mass is 10.1. The first-order valence-electron chi connectivity index (χ1n) is 8.33. The fourth-order valence-corrected chi connectivity index (χ4v) is 5.84. The molecule has 0 spiro atoms. The van der Waals surface area contributed by atoms with E-state index in [2.05, 4.69) is 4.98 Å². The van der Waals surface area contributed by atoms with Crippen molar-refractivity contribution in [2.24, 2.45) is 0 Å². The van der Waals surface area contributed by atoms with E-state index in [4.69, 9.17) is 4.74 Å². The van der Waals surface area contributed by atoms with Crippen LogP contribution in [0.5, 0.6) is 0 Å². The topological polar surface area (TPSA) is 79.8 Å². The number of sulfonamides is 1. The lowest BCUT2D eigenvalue weighted by Crippen LogP contribution is -2.51. The molecule has 0 aromatic carbocycles. The minimum atomic E-state index is -3.39. The molecule has 1 aromatic rings. The molecule has 2 saturated heterocycles. The second-order valence-corrected chi connectivity index (χ2v) is 9.37. The molecule has 3 rings (SSSR count). The Hall–Kier alpha value is -1.03. The summed E-state index contributed by atoms with van der Waals surface area (Å²) in [5.74, 6) is -0.103. The smallest absolute Gasteiger partial charge is 0.265 e. The number of nitrogens with zero attached hydrogens (tertiary/aromatic N) is 3. The number of piperidine rings is 1. The maximum absolute atomic E-state index is 12.8. The van der Waals surface area contributed by atoms with Gasteiger partial charge < -0.3 is 9.64 Å². The number of hydrogen-bond donors (Lipinski definition) is 0. The first kappa shape index (κ1) is 17.8. The van der Waals surface area contributed by atoms with E-state index >= 15 is 0 Å². The maximum Gasteiger partial charge on any atom is 0.265 e. The average Bonchev–Trinajstić information content (AvgIpc) is 3.11. The highest BCUT2D eigenvalue weighted by Crippen LogP contribution is 2.24. The minimum absolute atomic E-state index is 0.103. The van der Waals surface area contributed by atoms with Crippen molar-refractivity contribution in [2.45, 2.75) is 31.4 Å². The van der Waals surface area contributed by atoms with Crippen LogP contribution in [0.25, 0.3) is 0 Å². The molecular formula is C15H23N3O4S2. The number of thiazole rings is 1. The Labute approximate surface area is 146 Å². The summed E-state index contributed by atoms with van der Waals surface area (Å²) >= 11 is 1.39. The Morgan fingerprint density at radius 3 is 2.79 bits per heavy atom. The van der Waals surface area contributed by atoms with E-state index in [1.807, 2.05) is 6.92 Å². The van der Waals surface area contributed by atoms with Crippen LogP contribution >= 0.6 is 11.3 Å². The molecule has 1 unspecified atom stereocenters. The number of aryl methyl sites for hydroxylation is 1. The highest BCUT2D eigenvalue weighted by atomic mass is 32.2. The van der Waals surface area contributed by atoms with Crippen molar-refractivity contribution in [2.75, 3.05) is 39.4 Å². The van der Waals surface area contributed by atoms with E-state index in [1.165, 1.54) is 15.6 Å². The van der Waals surface area contributed by atoms with Crippen LogP contribution < -0.4 is 0 Å². The van der Waals surface area contributed by atoms with Gasteiger partial charge in [-0.3, -0.25) is 4.79 Å². The number of rotatable bonds is 4. The zero-order chi connectivity index (χ0) is 17.2. The van der Waals surface area contributed by atoms with Crippen LogP contribution in [0.4, 0.5) is 0 Å². The number of morpholine rings is 1. The number of hydrogen-bond acceptors (Lipinski definition) is 6. The van der Waals surface area contributed by atoms with Gasteiger partial charge >= 0.3 is 0 Å². The Morgan fingerprint density at radius 2 is 2.12 bits per heavy atom. The van der Waals surface area contributed by atoms with Gasteiger partial charge in [-0.05, 0) is 19.3 Å². The van der Waals surface area contributed by atoms with Gasteiger partial charge in [-0.15, -0.1) is 11.3 Å². The Kier molecular flexibility index (Phi) is 5.53. The maximum atomic E-state index is 12.8. The van der Waals surface area contributed by atoms with Crippen molar-refractivity contribution < 1.29 is 17.9 Å². The van der Waals surface area contributed by atoms with E-state index in [1.54, 1.807) is 11.1 Å². The summed E-state index contributed by atoms with van der Waals surface area (Å²) in [6, 6.07) is 0. The molecule has 2 fully saturated rings. The largest absolute Gasteiger partial charge is 0.379 e. The van der Waals surface area contributed by atoms with Gasteiger partial charge in [-0.25, -0.2) is 13.4 Å². The number of aromatic nitrogens is 1. The molecule has 134 valence electrons. The van der Waals surface area contributed by atoms with Gasteiger partial charge in [-0.1, -0.05) is 6.92 Å². The van der Waals surface area contributed by atoms with Crippen molar-refractivity contribution in [3.05, 3.63) is 16.1 Å². The second-order valence-electron chi connectivity index (χ2n) is 6.04. The standard InChI is InChI=1S/C15H23N3O4S2/c1-2-14-16-10-13(23-14)15(19)17-5-3-4-12(11-17)24(20,21)18-6-8-22-9-7-18/h10,12H,2-9,11H2,1H3. The Bertz CT molecular complexity index is 683. The average molecular weight is 374 g/mol. The van der Waals surface area contributed by atoms with Gasteiger partial charge in [0.15, 0.2) is 0 Å². The summed E-state index contributed by atoms with van der Waals surface area (Å²) in [4.78, 5) is 19.1. The summed E-state index contributed by atoms with van der Waals surface area (Å²) in [7, 11) is -3.39. The lowest BCUT2D eigenvalue weighted by molar-refractivity contribution is 0.0688. The van der Waals surface area contributed by atoms with Crippen molar-refractivity contribution in [3.8, 4) is 0 Å². The van der Waals surface area contributed by atoms with E-state index in [-0.39, 0.29) is 12.5 Å². The molecule has 0 radical (unpaired) electrons. The first-order valence-corrected chi connectivity index (χ1v) is 10.6. The van der Waals surface area contributed by atoms with Gasteiger partial charge in [0.25, 0.3) is 5.91 Å². The van der Waals surface area contributed by atoms with Crippen LogP contribution in [0.2, 0.25) is 0 Å². The number of carbonyl (C=O) groups is 1. The van der Waals surface area contributed by atoms with Crippen LogP contribution in [0.3, 0.4) is 0 Å². The van der Waals surface area contributed by atoms with Crippen molar-refractivity contribution >= 4 is 27.3 Å². The SMILES string of the molecule is CCc1ncc(C(=O)N2CCCC(S(=O)(=O)N3CCOCC3)C2)s1. The summed E-state index contributed by atoms with van der Waals surface area (Å²) in [6.45, 7) is 4.55. The third kappa shape index (κ3) is 3.63. The first-order chi connectivity index (χ1) is 11.5. The van der Waals surface area contributed by atoms with E-state index in [0.717, 1.165) is 11.4 Å². The molecule has 3 heterocycles. The van der Waals surface area contributed by atoms with Gasteiger partial charge in [0.05, 0.1) is 29.7 Å². The molecule has 1 amide bonds. The number of ether oxygens (including phenoxy) is 1. The number of amides is 1. The molecule has 1 atom stereocenters. The highest BCUT2D eigenvalue weighted by molar-refractivity contribution is 7.89. The van der Waals surface area contributed by atoms with Gasteiger partial charge in [-0.2, -0.15) is 4.31 Å². The summed E-state index contributed by atoms with van der Waals surface area (Å²) < 4.78 is 32.4. The van der Waals surface area contributed by atoms with Crippen molar-refractivity contribution in [1.29, 1.82) is 0 Å². The van der Waals surface area contributed by atoms with Gasteiger partial charge in [0.1, 0.15) is 4.88 Å². The molecule has 0 N–H and O–H groups in total. The van der Waals surface area contributed by atoms with Crippen LogP contribution in [-0.4, -0.2) is 73.2 Å². The molecular weight excluding hydrogens is 350 g/mol. The Morgan fingerprint density at radius 1 is 1.38 bits per heavy atom. The zero-order valence-electron chi connectivity index (χ0n) is 13.8. The van der Waals surface area contributed by atoms with E-state index in [0.29, 0.717) is 50.6 Å².